The van der Waals surface area contributed by atoms with Gasteiger partial charge in [0.1, 0.15) is 5.76 Å². The fourth-order valence-electron chi connectivity index (χ4n) is 1.27. The van der Waals surface area contributed by atoms with Crippen LogP contribution in [0.4, 0.5) is 10.6 Å². The van der Waals surface area contributed by atoms with Gasteiger partial charge >= 0.3 is 6.03 Å². The minimum absolute atomic E-state index is 0.123. The Bertz CT molecular complexity index is 382. The Labute approximate surface area is 107 Å². The predicted octanol–water partition coefficient (Wildman–Crippen LogP) is 2.13. The minimum atomic E-state index is -0.292. The lowest BCUT2D eigenvalue weighted by molar-refractivity contribution is 0.194. The van der Waals surface area contributed by atoms with Crippen LogP contribution < -0.4 is 10.6 Å². The topological polar surface area (TPSA) is 76.4 Å². The monoisotopic (exact) mass is 255 g/mol. The third-order valence-electron chi connectivity index (χ3n) is 2.30. The van der Waals surface area contributed by atoms with Gasteiger partial charge in [-0.05, 0) is 6.42 Å². The molecule has 102 valence electrons. The number of anilines is 1. The van der Waals surface area contributed by atoms with Gasteiger partial charge in [0, 0.05) is 31.7 Å². The molecule has 0 aliphatic carbocycles. The fraction of sp³-hybridized carbons (Fsp3) is 0.667. The van der Waals surface area contributed by atoms with E-state index in [4.69, 9.17) is 9.26 Å². The second kappa shape index (κ2) is 6.39. The maximum Gasteiger partial charge on any atom is 0.320 e. The van der Waals surface area contributed by atoms with Crippen molar-refractivity contribution >= 4 is 11.8 Å². The number of aromatic nitrogens is 1. The van der Waals surface area contributed by atoms with Crippen LogP contribution in [0.2, 0.25) is 0 Å². The van der Waals surface area contributed by atoms with Crippen LogP contribution >= 0.6 is 0 Å². The summed E-state index contributed by atoms with van der Waals surface area (Å²) in [7, 11) is 1.63. The number of ether oxygens (including phenoxy) is 1. The number of methoxy groups -OCH3 is 1. The van der Waals surface area contributed by atoms with Gasteiger partial charge in [0.25, 0.3) is 0 Å². The number of nitrogens with zero attached hydrogens (tertiary/aromatic N) is 1. The average molecular weight is 255 g/mol. The number of urea groups is 1. The van der Waals surface area contributed by atoms with E-state index >= 15 is 0 Å². The molecule has 0 aliphatic rings. The molecule has 0 radical (unpaired) electrons. The number of nitrogens with one attached hydrogen (secondary N) is 2. The van der Waals surface area contributed by atoms with E-state index in [2.05, 4.69) is 15.8 Å². The highest BCUT2D eigenvalue weighted by atomic mass is 16.5. The zero-order valence-corrected chi connectivity index (χ0v) is 11.4. The minimum Gasteiger partial charge on any atom is -0.385 e. The first-order valence-corrected chi connectivity index (χ1v) is 5.94. The standard InChI is InChI=1S/C12H21N3O3/c1-12(2,3)9-8-10(15-18-9)14-11(16)13-6-5-7-17-4/h8H,5-7H2,1-4H3,(H2,13,14,15,16). The van der Waals surface area contributed by atoms with Gasteiger partial charge in [0.05, 0.1) is 0 Å². The SMILES string of the molecule is COCCCNC(=O)Nc1cc(C(C)(C)C)on1. The van der Waals surface area contributed by atoms with Crippen LogP contribution in [0, 0.1) is 0 Å². The molecule has 0 saturated carbocycles. The lowest BCUT2D eigenvalue weighted by Crippen LogP contribution is -2.30. The van der Waals surface area contributed by atoms with Gasteiger partial charge in [0.2, 0.25) is 0 Å². The summed E-state index contributed by atoms with van der Waals surface area (Å²) in [6.07, 6.45) is 0.774. The Morgan fingerprint density at radius 2 is 2.22 bits per heavy atom. The van der Waals surface area contributed by atoms with E-state index in [0.29, 0.717) is 19.0 Å². The molecule has 0 bridgehead atoms. The van der Waals surface area contributed by atoms with Gasteiger partial charge < -0.3 is 14.6 Å². The largest absolute Gasteiger partial charge is 0.385 e. The van der Waals surface area contributed by atoms with E-state index < -0.39 is 0 Å². The molecule has 1 rings (SSSR count). The number of amides is 2. The summed E-state index contributed by atoms with van der Waals surface area (Å²) in [4.78, 5) is 11.5. The Balaban J connectivity index is 2.38. The quantitative estimate of drug-likeness (QED) is 0.790. The van der Waals surface area contributed by atoms with Crippen molar-refractivity contribution in [3.05, 3.63) is 11.8 Å². The summed E-state index contributed by atoms with van der Waals surface area (Å²) < 4.78 is 10.0. The van der Waals surface area contributed by atoms with Crippen LogP contribution in [-0.4, -0.2) is 31.4 Å². The Kier molecular flexibility index (Phi) is 5.15. The van der Waals surface area contributed by atoms with Gasteiger partial charge in [-0.3, -0.25) is 5.32 Å². The highest BCUT2D eigenvalue weighted by Gasteiger charge is 2.20. The number of carbonyl (C=O) groups excluding carboxylic acids is 1. The van der Waals surface area contributed by atoms with Gasteiger partial charge in [-0.1, -0.05) is 25.9 Å². The van der Waals surface area contributed by atoms with Crippen molar-refractivity contribution in [2.24, 2.45) is 0 Å². The Morgan fingerprint density at radius 3 is 2.78 bits per heavy atom. The molecule has 2 N–H and O–H groups in total. The second-order valence-electron chi connectivity index (χ2n) is 5.05. The summed E-state index contributed by atoms with van der Waals surface area (Å²) in [6, 6.07) is 1.44. The maximum absolute atomic E-state index is 11.5. The third-order valence-corrected chi connectivity index (χ3v) is 2.30. The highest BCUT2D eigenvalue weighted by Crippen LogP contribution is 2.24. The summed E-state index contributed by atoms with van der Waals surface area (Å²) in [6.45, 7) is 7.23. The van der Waals surface area contributed by atoms with Crippen LogP contribution in [0.3, 0.4) is 0 Å². The van der Waals surface area contributed by atoms with Gasteiger partial charge in [-0.25, -0.2) is 4.79 Å². The summed E-state index contributed by atoms with van der Waals surface area (Å²) >= 11 is 0. The molecule has 0 unspecified atom stereocenters. The van der Waals surface area contributed by atoms with E-state index in [9.17, 15) is 4.79 Å². The van der Waals surface area contributed by atoms with Crippen molar-refractivity contribution in [1.29, 1.82) is 0 Å². The van der Waals surface area contributed by atoms with Crippen molar-refractivity contribution in [3.8, 4) is 0 Å². The average Bonchev–Trinajstić information content (AvgIpc) is 2.72. The number of rotatable bonds is 5. The van der Waals surface area contributed by atoms with Crippen molar-refractivity contribution in [1.82, 2.24) is 10.5 Å². The van der Waals surface area contributed by atoms with E-state index in [1.165, 1.54) is 0 Å². The van der Waals surface area contributed by atoms with Crippen LogP contribution in [0.1, 0.15) is 33.0 Å². The molecule has 1 aromatic heterocycles. The van der Waals surface area contributed by atoms with Crippen LogP contribution in [0.5, 0.6) is 0 Å². The van der Waals surface area contributed by atoms with Gasteiger partial charge in [-0.15, -0.1) is 0 Å². The molecule has 6 nitrogen and oxygen atoms in total. The molecule has 18 heavy (non-hydrogen) atoms. The van der Waals surface area contributed by atoms with E-state index in [1.54, 1.807) is 13.2 Å². The van der Waals surface area contributed by atoms with Gasteiger partial charge in [0.15, 0.2) is 5.82 Å². The Morgan fingerprint density at radius 1 is 1.50 bits per heavy atom. The normalized spacial score (nSPS) is 11.3. The molecule has 1 heterocycles. The molecule has 0 atom stereocenters. The van der Waals surface area contributed by atoms with E-state index in [-0.39, 0.29) is 11.4 Å². The molecular weight excluding hydrogens is 234 g/mol. The summed E-state index contributed by atoms with van der Waals surface area (Å²) in [5.74, 6) is 1.15. The molecule has 0 aromatic carbocycles. The number of carbonyl (C=O) groups is 1. The molecule has 0 fully saturated rings. The van der Waals surface area contributed by atoms with Crippen LogP contribution in [0.25, 0.3) is 0 Å². The first kappa shape index (κ1) is 14.5. The van der Waals surface area contributed by atoms with Crippen molar-refractivity contribution in [2.75, 3.05) is 25.6 Å². The van der Waals surface area contributed by atoms with E-state index in [0.717, 1.165) is 12.2 Å². The molecule has 0 spiro atoms. The van der Waals surface area contributed by atoms with Crippen molar-refractivity contribution in [2.45, 2.75) is 32.6 Å². The van der Waals surface area contributed by atoms with Crippen LogP contribution in [0.15, 0.2) is 10.6 Å². The molecule has 6 heteroatoms. The Hall–Kier alpha value is -1.56. The van der Waals surface area contributed by atoms with E-state index in [1.807, 2.05) is 20.8 Å². The molecule has 1 aromatic rings. The second-order valence-corrected chi connectivity index (χ2v) is 5.05. The van der Waals surface area contributed by atoms with Crippen molar-refractivity contribution < 1.29 is 14.1 Å². The highest BCUT2D eigenvalue weighted by molar-refractivity contribution is 5.88. The molecule has 0 aliphatic heterocycles. The lowest BCUT2D eigenvalue weighted by Gasteiger charge is -2.12. The fourth-order valence-corrected chi connectivity index (χ4v) is 1.27. The summed E-state index contributed by atoms with van der Waals surface area (Å²) in [5, 5.41) is 9.11. The van der Waals surface area contributed by atoms with Crippen LogP contribution in [-0.2, 0) is 10.2 Å². The molecule has 0 saturated heterocycles. The summed E-state index contributed by atoms with van der Waals surface area (Å²) in [5.41, 5.74) is -0.123. The maximum atomic E-state index is 11.5. The third kappa shape index (κ3) is 4.75. The first-order chi connectivity index (χ1) is 8.43. The van der Waals surface area contributed by atoms with Gasteiger partial charge in [-0.2, -0.15) is 0 Å². The smallest absolute Gasteiger partial charge is 0.320 e. The molecular formula is C12H21N3O3. The number of hydrogen-bond donors (Lipinski definition) is 2. The first-order valence-electron chi connectivity index (χ1n) is 5.94. The lowest BCUT2D eigenvalue weighted by atomic mass is 9.93. The van der Waals surface area contributed by atoms with Crippen molar-refractivity contribution in [3.63, 3.8) is 0 Å². The predicted molar refractivity (Wildman–Crippen MR) is 68.7 cm³/mol. The zero-order valence-electron chi connectivity index (χ0n) is 11.4. The number of hydrogen-bond acceptors (Lipinski definition) is 4. The molecule has 2 amide bonds. The zero-order chi connectivity index (χ0) is 13.6.